The van der Waals surface area contributed by atoms with Gasteiger partial charge in [-0.1, -0.05) is 53.5 Å². The fourth-order valence-electron chi connectivity index (χ4n) is 2.55. The van der Waals surface area contributed by atoms with Gasteiger partial charge in [-0.15, -0.1) is 0 Å². The molecule has 2 atom stereocenters. The molecule has 1 heterocycles. The predicted octanol–water partition coefficient (Wildman–Crippen LogP) is 4.24. The summed E-state index contributed by atoms with van der Waals surface area (Å²) in [6.45, 7) is 0. The first-order valence-electron chi connectivity index (χ1n) is 7.05. The number of hydrogen-bond acceptors (Lipinski definition) is 3. The number of carbonyl (C=O) groups is 2. The van der Waals surface area contributed by atoms with E-state index in [-0.39, 0.29) is 18.3 Å². The van der Waals surface area contributed by atoms with Gasteiger partial charge < -0.3 is 10.1 Å². The number of ether oxygens (including phenoxy) is 1. The standard InChI is InChI=1S/C17H13Cl2NO3/c18-11-6-7-14(13(19)8-11)20-17(22)12-9-15(21)23-16(12)10-4-2-1-3-5-10/h1-8,12,16H,9H2,(H,20,22)/t12-,16+/m1/s1. The maximum absolute atomic E-state index is 12.5. The number of rotatable bonds is 3. The second-order valence-corrected chi connectivity index (χ2v) is 6.09. The Hall–Kier alpha value is -2.04. The molecule has 23 heavy (non-hydrogen) atoms. The number of cyclic esters (lactones) is 1. The molecule has 1 aliphatic rings. The third kappa shape index (κ3) is 3.49. The van der Waals surface area contributed by atoms with E-state index in [9.17, 15) is 9.59 Å². The number of amides is 1. The molecular formula is C17H13Cl2NO3. The zero-order chi connectivity index (χ0) is 16.4. The third-order valence-corrected chi connectivity index (χ3v) is 4.21. The van der Waals surface area contributed by atoms with E-state index in [2.05, 4.69) is 5.32 Å². The Balaban J connectivity index is 1.81. The highest BCUT2D eigenvalue weighted by molar-refractivity contribution is 6.36. The molecule has 0 unspecified atom stereocenters. The lowest BCUT2D eigenvalue weighted by atomic mass is 9.94. The van der Waals surface area contributed by atoms with E-state index in [0.29, 0.717) is 15.7 Å². The molecule has 0 bridgehead atoms. The van der Waals surface area contributed by atoms with Crippen molar-refractivity contribution < 1.29 is 14.3 Å². The summed E-state index contributed by atoms with van der Waals surface area (Å²) in [6.07, 6.45) is -0.550. The van der Waals surface area contributed by atoms with E-state index in [1.165, 1.54) is 0 Å². The third-order valence-electron chi connectivity index (χ3n) is 3.66. The second-order valence-electron chi connectivity index (χ2n) is 5.25. The quantitative estimate of drug-likeness (QED) is 0.843. The molecule has 3 rings (SSSR count). The average molecular weight is 350 g/mol. The van der Waals surface area contributed by atoms with Crippen molar-refractivity contribution in [2.45, 2.75) is 12.5 Å². The van der Waals surface area contributed by atoms with Gasteiger partial charge in [-0.2, -0.15) is 0 Å². The van der Waals surface area contributed by atoms with Crippen LogP contribution in [0, 0.1) is 5.92 Å². The minimum atomic E-state index is -0.600. The summed E-state index contributed by atoms with van der Waals surface area (Å²) in [5.41, 5.74) is 1.24. The molecule has 0 saturated carbocycles. The Morgan fingerprint density at radius 3 is 2.57 bits per heavy atom. The van der Waals surface area contributed by atoms with Crippen molar-refractivity contribution in [3.05, 3.63) is 64.1 Å². The predicted molar refractivity (Wildman–Crippen MR) is 88.5 cm³/mol. The molecule has 1 saturated heterocycles. The van der Waals surface area contributed by atoms with E-state index < -0.39 is 12.0 Å². The fourth-order valence-corrected chi connectivity index (χ4v) is 3.00. The minimum Gasteiger partial charge on any atom is -0.457 e. The van der Waals surface area contributed by atoms with Crippen molar-refractivity contribution in [3.63, 3.8) is 0 Å². The first-order chi connectivity index (χ1) is 11.0. The summed E-state index contributed by atoms with van der Waals surface area (Å²) in [7, 11) is 0. The molecule has 0 spiro atoms. The number of carbonyl (C=O) groups excluding carboxylic acids is 2. The highest BCUT2D eigenvalue weighted by atomic mass is 35.5. The molecule has 1 amide bonds. The number of anilines is 1. The molecule has 1 aliphatic heterocycles. The van der Waals surface area contributed by atoms with Gasteiger partial charge in [0.1, 0.15) is 6.10 Å². The molecule has 0 radical (unpaired) electrons. The van der Waals surface area contributed by atoms with Gasteiger partial charge in [-0.3, -0.25) is 9.59 Å². The van der Waals surface area contributed by atoms with Crippen LogP contribution >= 0.6 is 23.2 Å². The summed E-state index contributed by atoms with van der Waals surface area (Å²) in [6, 6.07) is 14.0. The highest BCUT2D eigenvalue weighted by Gasteiger charge is 2.40. The van der Waals surface area contributed by atoms with E-state index in [4.69, 9.17) is 27.9 Å². The van der Waals surface area contributed by atoms with Crippen molar-refractivity contribution in [1.29, 1.82) is 0 Å². The number of halogens is 2. The molecule has 6 heteroatoms. The first-order valence-corrected chi connectivity index (χ1v) is 7.80. The van der Waals surface area contributed by atoms with E-state index >= 15 is 0 Å². The van der Waals surface area contributed by atoms with Crippen molar-refractivity contribution in [3.8, 4) is 0 Å². The van der Waals surface area contributed by atoms with Crippen LogP contribution in [0.15, 0.2) is 48.5 Å². The molecule has 1 N–H and O–H groups in total. The van der Waals surface area contributed by atoms with Crippen molar-refractivity contribution in [1.82, 2.24) is 0 Å². The molecule has 4 nitrogen and oxygen atoms in total. The minimum absolute atomic E-state index is 0.0383. The zero-order valence-corrected chi connectivity index (χ0v) is 13.5. The first kappa shape index (κ1) is 15.8. The maximum atomic E-state index is 12.5. The van der Waals surface area contributed by atoms with Crippen LogP contribution in [-0.2, 0) is 14.3 Å². The maximum Gasteiger partial charge on any atom is 0.307 e. The largest absolute Gasteiger partial charge is 0.457 e. The topological polar surface area (TPSA) is 55.4 Å². The summed E-state index contributed by atoms with van der Waals surface area (Å²) >= 11 is 11.9. The highest BCUT2D eigenvalue weighted by Crippen LogP contribution is 2.36. The average Bonchev–Trinajstić information content (AvgIpc) is 2.93. The lowest BCUT2D eigenvalue weighted by Crippen LogP contribution is -2.25. The monoisotopic (exact) mass is 349 g/mol. The zero-order valence-electron chi connectivity index (χ0n) is 12.0. The fraction of sp³-hybridized carbons (Fsp3) is 0.176. The van der Waals surface area contributed by atoms with Gasteiger partial charge in [0, 0.05) is 5.02 Å². The van der Waals surface area contributed by atoms with Crippen LogP contribution < -0.4 is 5.32 Å². The number of nitrogens with one attached hydrogen (secondary N) is 1. The van der Waals surface area contributed by atoms with Crippen LogP contribution in [0.2, 0.25) is 10.0 Å². The number of esters is 1. The Morgan fingerprint density at radius 1 is 1.13 bits per heavy atom. The van der Waals surface area contributed by atoms with Gasteiger partial charge in [0.2, 0.25) is 5.91 Å². The summed E-state index contributed by atoms with van der Waals surface area (Å²) in [5.74, 6) is -1.30. The Kier molecular flexibility index (Phi) is 4.55. The summed E-state index contributed by atoms with van der Waals surface area (Å²) in [4.78, 5) is 24.2. The molecule has 0 aliphatic carbocycles. The van der Waals surface area contributed by atoms with Gasteiger partial charge in [-0.25, -0.2) is 0 Å². The molecule has 2 aromatic carbocycles. The Morgan fingerprint density at radius 2 is 1.87 bits per heavy atom. The molecule has 2 aromatic rings. The van der Waals surface area contributed by atoms with Gasteiger partial charge in [0.15, 0.2) is 0 Å². The van der Waals surface area contributed by atoms with Crippen LogP contribution in [0.4, 0.5) is 5.69 Å². The summed E-state index contributed by atoms with van der Waals surface area (Å²) < 4.78 is 5.31. The van der Waals surface area contributed by atoms with Crippen LogP contribution in [-0.4, -0.2) is 11.9 Å². The van der Waals surface area contributed by atoms with E-state index in [1.807, 2.05) is 30.3 Å². The molecule has 1 fully saturated rings. The SMILES string of the molecule is O=C1C[C@@H](C(=O)Nc2ccc(Cl)cc2Cl)[C@H](c2ccccc2)O1. The Labute approximate surface area is 143 Å². The molecule has 0 aromatic heterocycles. The Bertz CT molecular complexity index is 749. The van der Waals surface area contributed by atoms with Crippen LogP contribution in [0.3, 0.4) is 0 Å². The van der Waals surface area contributed by atoms with Gasteiger partial charge in [-0.05, 0) is 23.8 Å². The lowest BCUT2D eigenvalue weighted by molar-refractivity contribution is -0.141. The van der Waals surface area contributed by atoms with Crippen LogP contribution in [0.1, 0.15) is 18.1 Å². The normalized spacial score (nSPS) is 20.2. The van der Waals surface area contributed by atoms with Crippen LogP contribution in [0.5, 0.6) is 0 Å². The molecular weight excluding hydrogens is 337 g/mol. The summed E-state index contributed by atoms with van der Waals surface area (Å²) in [5, 5.41) is 3.56. The number of hydrogen-bond donors (Lipinski definition) is 1. The van der Waals surface area contributed by atoms with Crippen LogP contribution in [0.25, 0.3) is 0 Å². The lowest BCUT2D eigenvalue weighted by Gasteiger charge is -2.18. The van der Waals surface area contributed by atoms with Gasteiger partial charge in [0.05, 0.1) is 23.0 Å². The van der Waals surface area contributed by atoms with Crippen molar-refractivity contribution in [2.24, 2.45) is 5.92 Å². The smallest absolute Gasteiger partial charge is 0.307 e. The van der Waals surface area contributed by atoms with Crippen molar-refractivity contribution >= 4 is 40.8 Å². The second kappa shape index (κ2) is 6.60. The van der Waals surface area contributed by atoms with Gasteiger partial charge in [0.25, 0.3) is 0 Å². The van der Waals surface area contributed by atoms with E-state index in [1.54, 1.807) is 18.2 Å². The van der Waals surface area contributed by atoms with E-state index in [0.717, 1.165) is 5.56 Å². The van der Waals surface area contributed by atoms with Crippen molar-refractivity contribution in [2.75, 3.05) is 5.32 Å². The van der Waals surface area contributed by atoms with Gasteiger partial charge >= 0.3 is 5.97 Å². The number of benzene rings is 2. The molecule has 118 valence electrons.